The van der Waals surface area contributed by atoms with Crippen molar-refractivity contribution in [2.45, 2.75) is 32.4 Å². The Morgan fingerprint density at radius 2 is 2.47 bits per heavy atom. The van der Waals surface area contributed by atoms with Crippen LogP contribution in [0, 0.1) is 0 Å². The molecule has 0 spiro atoms. The zero-order valence-electron chi connectivity index (χ0n) is 9.36. The molecule has 0 saturated carbocycles. The van der Waals surface area contributed by atoms with Gasteiger partial charge in [-0.2, -0.15) is 4.98 Å². The summed E-state index contributed by atoms with van der Waals surface area (Å²) >= 11 is 0. The Morgan fingerprint density at radius 1 is 1.60 bits per heavy atom. The number of aromatic nitrogens is 2. The summed E-state index contributed by atoms with van der Waals surface area (Å²) in [5.41, 5.74) is 0. The van der Waals surface area contributed by atoms with Crippen molar-refractivity contribution in [1.29, 1.82) is 0 Å². The lowest BCUT2D eigenvalue weighted by Gasteiger charge is -2.21. The number of nitrogens with one attached hydrogen (secondary N) is 1. The van der Waals surface area contributed by atoms with E-state index in [1.165, 1.54) is 6.42 Å². The van der Waals surface area contributed by atoms with Crippen molar-refractivity contribution in [1.82, 2.24) is 20.4 Å². The minimum absolute atomic E-state index is 0.605. The minimum Gasteiger partial charge on any atom is -0.339 e. The number of hydrogen-bond donors (Lipinski definition) is 1. The maximum atomic E-state index is 5.07. The molecule has 0 radical (unpaired) electrons. The van der Waals surface area contributed by atoms with Crippen LogP contribution >= 0.6 is 0 Å². The normalized spacial score (nSPS) is 21.4. The van der Waals surface area contributed by atoms with Gasteiger partial charge in [-0.1, -0.05) is 12.1 Å². The highest BCUT2D eigenvalue weighted by molar-refractivity contribution is 4.88. The van der Waals surface area contributed by atoms with Crippen molar-refractivity contribution < 1.29 is 4.52 Å². The molecule has 2 rings (SSSR count). The first-order valence-corrected chi connectivity index (χ1v) is 5.52. The van der Waals surface area contributed by atoms with Crippen molar-refractivity contribution in [3.05, 3.63) is 11.7 Å². The van der Waals surface area contributed by atoms with Gasteiger partial charge in [-0.05, 0) is 20.0 Å². The molecule has 15 heavy (non-hydrogen) atoms. The van der Waals surface area contributed by atoms with E-state index < -0.39 is 0 Å². The Balaban J connectivity index is 1.89. The van der Waals surface area contributed by atoms with E-state index in [0.717, 1.165) is 37.8 Å². The lowest BCUT2D eigenvalue weighted by atomic mass is 10.2. The number of hydrogen-bond acceptors (Lipinski definition) is 5. The fourth-order valence-electron chi connectivity index (χ4n) is 1.87. The Kier molecular flexibility index (Phi) is 3.33. The van der Waals surface area contributed by atoms with Gasteiger partial charge in [0.05, 0.1) is 6.54 Å². The average Bonchev–Trinajstić information content (AvgIpc) is 2.87. The molecule has 0 aromatic carbocycles. The molecular weight excluding hydrogens is 192 g/mol. The van der Waals surface area contributed by atoms with Crippen LogP contribution in [-0.2, 0) is 13.0 Å². The van der Waals surface area contributed by atoms with Crippen molar-refractivity contribution in [3.63, 3.8) is 0 Å². The highest BCUT2D eigenvalue weighted by Gasteiger charge is 2.20. The van der Waals surface area contributed by atoms with Gasteiger partial charge in [-0.3, -0.25) is 4.90 Å². The minimum atomic E-state index is 0.605. The molecule has 1 saturated heterocycles. The van der Waals surface area contributed by atoms with E-state index in [1.54, 1.807) is 0 Å². The highest BCUT2D eigenvalue weighted by atomic mass is 16.5. The van der Waals surface area contributed by atoms with Crippen LogP contribution < -0.4 is 5.32 Å². The SMILES string of the molecule is CCc1nc(CN(C)[C@@H]2CCNC2)no1. The molecule has 1 aliphatic heterocycles. The van der Waals surface area contributed by atoms with E-state index in [0.29, 0.717) is 6.04 Å². The molecule has 0 amide bonds. The first-order chi connectivity index (χ1) is 7.29. The van der Waals surface area contributed by atoms with Crippen LogP contribution in [0.25, 0.3) is 0 Å². The standard InChI is InChI=1S/C10H18N4O/c1-3-10-12-9(13-15-10)7-14(2)8-4-5-11-6-8/h8,11H,3-7H2,1-2H3/t8-/m1/s1. The monoisotopic (exact) mass is 210 g/mol. The van der Waals surface area contributed by atoms with Gasteiger partial charge in [-0.25, -0.2) is 0 Å². The number of aryl methyl sites for hydroxylation is 1. The predicted molar refractivity (Wildman–Crippen MR) is 56.4 cm³/mol. The van der Waals surface area contributed by atoms with Gasteiger partial charge in [0.25, 0.3) is 0 Å². The second-order valence-corrected chi connectivity index (χ2v) is 4.02. The molecule has 1 atom stereocenters. The van der Waals surface area contributed by atoms with E-state index in [4.69, 9.17) is 4.52 Å². The average molecular weight is 210 g/mol. The maximum Gasteiger partial charge on any atom is 0.226 e. The first-order valence-electron chi connectivity index (χ1n) is 5.52. The van der Waals surface area contributed by atoms with Gasteiger partial charge >= 0.3 is 0 Å². The fourth-order valence-corrected chi connectivity index (χ4v) is 1.87. The van der Waals surface area contributed by atoms with E-state index in [2.05, 4.69) is 27.4 Å². The third kappa shape index (κ3) is 2.54. The van der Waals surface area contributed by atoms with Gasteiger partial charge in [0.15, 0.2) is 5.82 Å². The molecule has 1 N–H and O–H groups in total. The summed E-state index contributed by atoms with van der Waals surface area (Å²) in [4.78, 5) is 6.58. The topological polar surface area (TPSA) is 54.2 Å². The summed E-state index contributed by atoms with van der Waals surface area (Å²) in [6.45, 7) is 4.97. The van der Waals surface area contributed by atoms with Crippen molar-refractivity contribution in [2.75, 3.05) is 20.1 Å². The zero-order chi connectivity index (χ0) is 10.7. The molecule has 1 aromatic rings. The second kappa shape index (κ2) is 4.72. The van der Waals surface area contributed by atoms with Crippen LogP contribution in [0.5, 0.6) is 0 Å². The van der Waals surface area contributed by atoms with Gasteiger partial charge in [-0.15, -0.1) is 0 Å². The summed E-state index contributed by atoms with van der Waals surface area (Å²) in [5.74, 6) is 1.52. The molecule has 0 bridgehead atoms. The van der Waals surface area contributed by atoms with Gasteiger partial charge < -0.3 is 9.84 Å². The van der Waals surface area contributed by atoms with Crippen molar-refractivity contribution >= 4 is 0 Å². The maximum absolute atomic E-state index is 5.07. The number of rotatable bonds is 4. The van der Waals surface area contributed by atoms with Crippen LogP contribution in [-0.4, -0.2) is 41.2 Å². The third-order valence-corrected chi connectivity index (χ3v) is 2.86. The quantitative estimate of drug-likeness (QED) is 0.781. The van der Waals surface area contributed by atoms with E-state index >= 15 is 0 Å². The Labute approximate surface area is 89.8 Å². The summed E-state index contributed by atoms with van der Waals surface area (Å²) in [6, 6.07) is 0.605. The van der Waals surface area contributed by atoms with E-state index in [-0.39, 0.29) is 0 Å². The molecule has 2 heterocycles. The third-order valence-electron chi connectivity index (χ3n) is 2.86. The predicted octanol–water partition coefficient (Wildman–Crippen LogP) is 0.426. The van der Waals surface area contributed by atoms with Gasteiger partial charge in [0.2, 0.25) is 5.89 Å². The molecule has 84 valence electrons. The van der Waals surface area contributed by atoms with Crippen molar-refractivity contribution in [2.24, 2.45) is 0 Å². The van der Waals surface area contributed by atoms with Crippen LogP contribution in [0.4, 0.5) is 0 Å². The molecule has 5 heteroatoms. The summed E-state index contributed by atoms with van der Waals surface area (Å²) < 4.78 is 5.07. The summed E-state index contributed by atoms with van der Waals surface area (Å²) in [5, 5.41) is 7.30. The van der Waals surface area contributed by atoms with Crippen molar-refractivity contribution in [3.8, 4) is 0 Å². The van der Waals surface area contributed by atoms with E-state index in [1.807, 2.05) is 6.92 Å². The zero-order valence-corrected chi connectivity index (χ0v) is 9.36. The second-order valence-electron chi connectivity index (χ2n) is 4.02. The number of nitrogens with zero attached hydrogens (tertiary/aromatic N) is 3. The lowest BCUT2D eigenvalue weighted by molar-refractivity contribution is 0.239. The Hall–Kier alpha value is -0.940. The van der Waals surface area contributed by atoms with Crippen LogP contribution in [0.15, 0.2) is 4.52 Å². The molecule has 1 aliphatic rings. The van der Waals surface area contributed by atoms with Crippen LogP contribution in [0.2, 0.25) is 0 Å². The van der Waals surface area contributed by atoms with Gasteiger partial charge in [0, 0.05) is 19.0 Å². The van der Waals surface area contributed by atoms with Crippen LogP contribution in [0.1, 0.15) is 25.1 Å². The molecule has 0 unspecified atom stereocenters. The smallest absolute Gasteiger partial charge is 0.226 e. The Bertz CT molecular complexity index is 306. The first kappa shape index (κ1) is 10.6. The Morgan fingerprint density at radius 3 is 3.07 bits per heavy atom. The highest BCUT2D eigenvalue weighted by Crippen LogP contribution is 2.09. The molecule has 1 aromatic heterocycles. The van der Waals surface area contributed by atoms with E-state index in [9.17, 15) is 0 Å². The molecular formula is C10H18N4O. The van der Waals surface area contributed by atoms with Gasteiger partial charge in [0.1, 0.15) is 0 Å². The van der Waals surface area contributed by atoms with Crippen LogP contribution in [0.3, 0.4) is 0 Å². The summed E-state index contributed by atoms with van der Waals surface area (Å²) in [7, 11) is 2.11. The molecule has 0 aliphatic carbocycles. The molecule has 5 nitrogen and oxygen atoms in total. The largest absolute Gasteiger partial charge is 0.339 e. The fraction of sp³-hybridized carbons (Fsp3) is 0.800. The number of likely N-dealkylation sites (N-methyl/N-ethyl adjacent to an activating group) is 1. The lowest BCUT2D eigenvalue weighted by Crippen LogP contribution is -2.33. The summed E-state index contributed by atoms with van der Waals surface area (Å²) in [6.07, 6.45) is 2.01. The molecule has 1 fully saturated rings.